The Labute approximate surface area is 91.6 Å². The normalized spacial score (nSPS) is 11.7. The lowest BCUT2D eigenvalue weighted by molar-refractivity contribution is 0.0273. The van der Waals surface area contributed by atoms with Crippen LogP contribution in [-0.4, -0.2) is 16.8 Å². The van der Waals surface area contributed by atoms with Gasteiger partial charge in [0.1, 0.15) is 0 Å². The minimum Gasteiger partial charge on any atom is -0.396 e. The molecule has 1 aromatic carbocycles. The molecule has 0 atom stereocenters. The Morgan fingerprint density at radius 3 is 2.27 bits per heavy atom. The molecule has 2 N–H and O–H groups in total. The SMILES string of the molecule is CCC(O)(CC)c1ccccc1CCO. The molecule has 2 heteroatoms. The summed E-state index contributed by atoms with van der Waals surface area (Å²) in [5.41, 5.74) is 1.27. The summed E-state index contributed by atoms with van der Waals surface area (Å²) >= 11 is 0. The van der Waals surface area contributed by atoms with Gasteiger partial charge in [0, 0.05) is 6.61 Å². The van der Waals surface area contributed by atoms with E-state index in [1.165, 1.54) is 0 Å². The van der Waals surface area contributed by atoms with Gasteiger partial charge in [-0.3, -0.25) is 0 Å². The van der Waals surface area contributed by atoms with Gasteiger partial charge in [-0.25, -0.2) is 0 Å². The Hall–Kier alpha value is -0.860. The van der Waals surface area contributed by atoms with Gasteiger partial charge in [0.2, 0.25) is 0 Å². The summed E-state index contributed by atoms with van der Waals surface area (Å²) in [5.74, 6) is 0. The molecule has 0 fully saturated rings. The Kier molecular flexibility index (Phi) is 4.30. The summed E-state index contributed by atoms with van der Waals surface area (Å²) in [6.07, 6.45) is 2.01. The fourth-order valence-corrected chi connectivity index (χ4v) is 1.94. The first kappa shape index (κ1) is 12.2. The average molecular weight is 208 g/mol. The summed E-state index contributed by atoms with van der Waals surface area (Å²) in [5, 5.41) is 19.4. The van der Waals surface area contributed by atoms with Gasteiger partial charge >= 0.3 is 0 Å². The molecule has 84 valence electrons. The molecule has 1 rings (SSSR count). The van der Waals surface area contributed by atoms with Crippen molar-refractivity contribution in [2.75, 3.05) is 6.61 Å². The number of rotatable bonds is 5. The summed E-state index contributed by atoms with van der Waals surface area (Å²) in [6, 6.07) is 7.81. The molecule has 0 aliphatic rings. The first-order chi connectivity index (χ1) is 7.18. The molecule has 0 aliphatic carbocycles. The first-order valence-electron chi connectivity index (χ1n) is 5.59. The van der Waals surface area contributed by atoms with Crippen LogP contribution < -0.4 is 0 Å². The van der Waals surface area contributed by atoms with Crippen LogP contribution in [0.3, 0.4) is 0 Å². The monoisotopic (exact) mass is 208 g/mol. The van der Waals surface area contributed by atoms with Gasteiger partial charge in [0.25, 0.3) is 0 Å². The number of aliphatic hydroxyl groups excluding tert-OH is 1. The second-order valence-electron chi connectivity index (χ2n) is 3.87. The van der Waals surface area contributed by atoms with E-state index in [0.717, 1.165) is 11.1 Å². The van der Waals surface area contributed by atoms with Crippen molar-refractivity contribution in [2.24, 2.45) is 0 Å². The quantitative estimate of drug-likeness (QED) is 0.779. The lowest BCUT2D eigenvalue weighted by Gasteiger charge is -2.28. The minimum absolute atomic E-state index is 0.126. The highest BCUT2D eigenvalue weighted by Gasteiger charge is 2.26. The van der Waals surface area contributed by atoms with E-state index >= 15 is 0 Å². The second kappa shape index (κ2) is 5.29. The van der Waals surface area contributed by atoms with Crippen molar-refractivity contribution in [3.05, 3.63) is 35.4 Å². The van der Waals surface area contributed by atoms with E-state index < -0.39 is 5.60 Å². The third-order valence-electron chi connectivity index (χ3n) is 3.07. The Morgan fingerprint density at radius 1 is 1.13 bits per heavy atom. The maximum absolute atomic E-state index is 10.4. The maximum Gasteiger partial charge on any atom is 0.0894 e. The highest BCUT2D eigenvalue weighted by molar-refractivity contribution is 5.32. The second-order valence-corrected chi connectivity index (χ2v) is 3.87. The highest BCUT2D eigenvalue weighted by Crippen LogP contribution is 2.31. The number of benzene rings is 1. The van der Waals surface area contributed by atoms with Gasteiger partial charge in [-0.1, -0.05) is 38.1 Å². The molecule has 0 amide bonds. The molecule has 15 heavy (non-hydrogen) atoms. The lowest BCUT2D eigenvalue weighted by atomic mass is 9.85. The van der Waals surface area contributed by atoms with Gasteiger partial charge in [-0.15, -0.1) is 0 Å². The van der Waals surface area contributed by atoms with E-state index in [1.54, 1.807) is 0 Å². The predicted octanol–water partition coefficient (Wildman–Crippen LogP) is 2.23. The minimum atomic E-state index is -0.744. The third-order valence-corrected chi connectivity index (χ3v) is 3.07. The van der Waals surface area contributed by atoms with Crippen molar-refractivity contribution in [2.45, 2.75) is 38.7 Å². The van der Waals surface area contributed by atoms with E-state index in [0.29, 0.717) is 19.3 Å². The molecular weight excluding hydrogens is 188 g/mol. The Morgan fingerprint density at radius 2 is 1.73 bits per heavy atom. The molecule has 0 saturated heterocycles. The van der Waals surface area contributed by atoms with Crippen LogP contribution >= 0.6 is 0 Å². The highest BCUT2D eigenvalue weighted by atomic mass is 16.3. The van der Waals surface area contributed by atoms with Gasteiger partial charge in [0.15, 0.2) is 0 Å². The van der Waals surface area contributed by atoms with Crippen molar-refractivity contribution in [3.63, 3.8) is 0 Å². The van der Waals surface area contributed by atoms with Gasteiger partial charge < -0.3 is 10.2 Å². The van der Waals surface area contributed by atoms with Crippen molar-refractivity contribution in [1.29, 1.82) is 0 Å². The predicted molar refractivity (Wildman–Crippen MR) is 61.7 cm³/mol. The van der Waals surface area contributed by atoms with Crippen molar-refractivity contribution in [1.82, 2.24) is 0 Å². The Balaban J connectivity index is 3.10. The van der Waals surface area contributed by atoms with E-state index in [9.17, 15) is 5.11 Å². The van der Waals surface area contributed by atoms with Crippen molar-refractivity contribution in [3.8, 4) is 0 Å². The van der Waals surface area contributed by atoms with Gasteiger partial charge in [-0.05, 0) is 30.4 Å². The molecule has 0 spiro atoms. The largest absolute Gasteiger partial charge is 0.396 e. The van der Waals surface area contributed by atoms with Gasteiger partial charge in [-0.2, -0.15) is 0 Å². The van der Waals surface area contributed by atoms with E-state index in [-0.39, 0.29) is 6.61 Å². The Bertz CT molecular complexity index is 303. The molecule has 1 aromatic rings. The van der Waals surface area contributed by atoms with Crippen LogP contribution in [0.4, 0.5) is 0 Å². The van der Waals surface area contributed by atoms with Crippen LogP contribution in [0.25, 0.3) is 0 Å². The zero-order valence-electron chi connectivity index (χ0n) is 9.53. The molecule has 0 aliphatic heterocycles. The average Bonchev–Trinajstić information content (AvgIpc) is 2.29. The molecule has 0 saturated carbocycles. The molecule has 0 heterocycles. The molecule has 0 radical (unpaired) electrons. The smallest absolute Gasteiger partial charge is 0.0894 e. The zero-order valence-corrected chi connectivity index (χ0v) is 9.53. The number of aliphatic hydroxyl groups is 2. The summed E-state index contributed by atoms with van der Waals surface area (Å²) in [4.78, 5) is 0. The van der Waals surface area contributed by atoms with Crippen LogP contribution in [0, 0.1) is 0 Å². The fraction of sp³-hybridized carbons (Fsp3) is 0.538. The topological polar surface area (TPSA) is 40.5 Å². The van der Waals surface area contributed by atoms with E-state index in [2.05, 4.69) is 0 Å². The van der Waals surface area contributed by atoms with Crippen molar-refractivity contribution < 1.29 is 10.2 Å². The fourth-order valence-electron chi connectivity index (χ4n) is 1.94. The van der Waals surface area contributed by atoms with Crippen LogP contribution in [0.15, 0.2) is 24.3 Å². The first-order valence-corrected chi connectivity index (χ1v) is 5.59. The molecular formula is C13H20O2. The summed E-state index contributed by atoms with van der Waals surface area (Å²) in [7, 11) is 0. The zero-order chi connectivity index (χ0) is 11.3. The lowest BCUT2D eigenvalue weighted by Crippen LogP contribution is -2.25. The maximum atomic E-state index is 10.4. The van der Waals surface area contributed by atoms with Crippen LogP contribution in [-0.2, 0) is 12.0 Å². The van der Waals surface area contributed by atoms with Crippen LogP contribution in [0.5, 0.6) is 0 Å². The summed E-state index contributed by atoms with van der Waals surface area (Å²) < 4.78 is 0. The van der Waals surface area contributed by atoms with Crippen molar-refractivity contribution >= 4 is 0 Å². The molecule has 0 unspecified atom stereocenters. The number of hydrogen-bond donors (Lipinski definition) is 2. The van der Waals surface area contributed by atoms with Gasteiger partial charge in [0.05, 0.1) is 5.60 Å². The summed E-state index contributed by atoms with van der Waals surface area (Å²) in [6.45, 7) is 4.10. The third kappa shape index (κ3) is 2.58. The standard InChI is InChI=1S/C13H20O2/c1-3-13(15,4-2)12-8-6-5-7-11(12)9-10-14/h5-8,14-15H,3-4,9-10H2,1-2H3. The van der Waals surface area contributed by atoms with E-state index in [1.807, 2.05) is 38.1 Å². The molecule has 2 nitrogen and oxygen atoms in total. The van der Waals surface area contributed by atoms with Crippen LogP contribution in [0.1, 0.15) is 37.8 Å². The number of hydrogen-bond acceptors (Lipinski definition) is 2. The van der Waals surface area contributed by atoms with E-state index in [4.69, 9.17) is 5.11 Å². The molecule has 0 bridgehead atoms. The van der Waals surface area contributed by atoms with Crippen LogP contribution in [0.2, 0.25) is 0 Å². The molecule has 0 aromatic heterocycles.